The molecule has 0 radical (unpaired) electrons. The number of fused-ring (bicyclic) bond motifs is 6. The lowest BCUT2D eigenvalue weighted by Gasteiger charge is -2.21. The molecule has 0 unspecified atom stereocenters. The summed E-state index contributed by atoms with van der Waals surface area (Å²) in [6, 6.07) is 86.7. The van der Waals surface area contributed by atoms with Crippen LogP contribution in [0.1, 0.15) is 0 Å². The van der Waals surface area contributed by atoms with Crippen molar-refractivity contribution in [2.24, 2.45) is 0 Å². The van der Waals surface area contributed by atoms with Crippen LogP contribution in [-0.2, 0) is 0 Å². The van der Waals surface area contributed by atoms with Crippen molar-refractivity contribution in [3.63, 3.8) is 0 Å². The monoisotopic (exact) mass is 884 g/mol. The standard InChI is InChI=1S/C63H40N4S/c1-6-18-41(19-7-1)46-31-34-56-54(36-46)55-37-47(42-20-8-2-9-21-42)32-35-57(55)67(56)60-52(43-22-10-3-11-23-43)38-49(39-53(60)44-24-12-4-13-25-44)63-65-61(45-26-14-5-15-27-45)64-62(66-63)48-30-33-51-50-28-16-17-29-58(50)68-59(51)40-48/h1-40H. The number of thiophene rings is 1. The number of nitrogens with zero attached hydrogens (tertiary/aromatic N) is 4. The van der Waals surface area contributed by atoms with Crippen LogP contribution in [0.15, 0.2) is 243 Å². The summed E-state index contributed by atoms with van der Waals surface area (Å²) in [6.45, 7) is 0. The number of rotatable bonds is 8. The van der Waals surface area contributed by atoms with E-state index in [2.05, 4.69) is 229 Å². The first-order valence-electron chi connectivity index (χ1n) is 22.9. The molecule has 5 heteroatoms. The van der Waals surface area contributed by atoms with E-state index in [1.54, 1.807) is 11.3 Å². The van der Waals surface area contributed by atoms with E-state index < -0.39 is 0 Å². The Bertz CT molecular complexity index is 3840. The summed E-state index contributed by atoms with van der Waals surface area (Å²) >= 11 is 1.80. The van der Waals surface area contributed by atoms with Gasteiger partial charge in [0.05, 0.1) is 16.7 Å². The van der Waals surface area contributed by atoms with E-state index in [9.17, 15) is 0 Å². The van der Waals surface area contributed by atoms with Crippen molar-refractivity contribution in [1.82, 2.24) is 19.5 Å². The topological polar surface area (TPSA) is 43.6 Å². The molecule has 0 N–H and O–H groups in total. The summed E-state index contributed by atoms with van der Waals surface area (Å²) < 4.78 is 4.95. The van der Waals surface area contributed by atoms with Crippen LogP contribution in [-0.4, -0.2) is 19.5 Å². The highest BCUT2D eigenvalue weighted by molar-refractivity contribution is 7.25. The van der Waals surface area contributed by atoms with Crippen LogP contribution < -0.4 is 0 Å². The number of aromatic nitrogens is 4. The molecule has 0 bridgehead atoms. The third-order valence-electron chi connectivity index (χ3n) is 13.0. The fourth-order valence-corrected chi connectivity index (χ4v) is 10.9. The molecule has 0 saturated heterocycles. The van der Waals surface area contributed by atoms with Crippen molar-refractivity contribution >= 4 is 53.3 Å². The second-order valence-corrected chi connectivity index (χ2v) is 18.2. The van der Waals surface area contributed by atoms with Crippen molar-refractivity contribution in [1.29, 1.82) is 0 Å². The summed E-state index contributed by atoms with van der Waals surface area (Å²) in [5.41, 5.74) is 15.1. The van der Waals surface area contributed by atoms with Crippen LogP contribution in [0.2, 0.25) is 0 Å². The van der Waals surface area contributed by atoms with Crippen LogP contribution in [0.3, 0.4) is 0 Å². The molecular weight excluding hydrogens is 845 g/mol. The van der Waals surface area contributed by atoms with Crippen LogP contribution in [0.4, 0.5) is 0 Å². The Labute approximate surface area is 397 Å². The minimum absolute atomic E-state index is 0.605. The molecule has 3 heterocycles. The molecule has 0 fully saturated rings. The fraction of sp³-hybridized carbons (Fsp3) is 0. The average molecular weight is 885 g/mol. The highest BCUT2D eigenvalue weighted by atomic mass is 32.1. The maximum Gasteiger partial charge on any atom is 0.164 e. The lowest BCUT2D eigenvalue weighted by Crippen LogP contribution is -2.04. The van der Waals surface area contributed by atoms with Gasteiger partial charge in [0.15, 0.2) is 17.5 Å². The van der Waals surface area contributed by atoms with E-state index in [-0.39, 0.29) is 0 Å². The van der Waals surface area contributed by atoms with Crippen molar-refractivity contribution in [2.75, 3.05) is 0 Å². The zero-order valence-corrected chi connectivity index (χ0v) is 37.6. The highest BCUT2D eigenvalue weighted by Gasteiger charge is 2.24. The Morgan fingerprint density at radius 3 is 1.21 bits per heavy atom. The molecule has 0 atom stereocenters. The number of benzene rings is 10. The van der Waals surface area contributed by atoms with Gasteiger partial charge in [-0.1, -0.05) is 194 Å². The van der Waals surface area contributed by atoms with Gasteiger partial charge in [-0.2, -0.15) is 0 Å². The van der Waals surface area contributed by atoms with Gasteiger partial charge in [0.25, 0.3) is 0 Å². The predicted molar refractivity (Wildman–Crippen MR) is 285 cm³/mol. The SMILES string of the molecule is c1ccc(-c2ccc3c(c2)c2cc(-c4ccccc4)ccc2n3-c2c(-c3ccccc3)cc(-c3nc(-c4ccccc4)nc(-c4ccc5c(c4)sc4ccccc45)n3)cc2-c2ccccc2)cc1. The third-order valence-corrected chi connectivity index (χ3v) is 14.2. The number of hydrogen-bond acceptors (Lipinski definition) is 4. The quantitative estimate of drug-likeness (QED) is 0.153. The van der Waals surface area contributed by atoms with Gasteiger partial charge in [-0.05, 0) is 81.9 Å². The first-order chi connectivity index (χ1) is 33.7. The molecule has 10 aromatic carbocycles. The summed E-state index contributed by atoms with van der Waals surface area (Å²) in [7, 11) is 0. The highest BCUT2D eigenvalue weighted by Crippen LogP contribution is 2.45. The van der Waals surface area contributed by atoms with Crippen molar-refractivity contribution in [3.8, 4) is 84.4 Å². The fourth-order valence-electron chi connectivity index (χ4n) is 9.78. The molecule has 3 aromatic heterocycles. The Morgan fingerprint density at radius 1 is 0.265 bits per heavy atom. The summed E-state index contributed by atoms with van der Waals surface area (Å²) in [5, 5.41) is 4.87. The second kappa shape index (κ2) is 16.6. The van der Waals surface area contributed by atoms with Gasteiger partial charge in [0, 0.05) is 58.8 Å². The van der Waals surface area contributed by atoms with Crippen LogP contribution in [0.25, 0.3) is 126 Å². The van der Waals surface area contributed by atoms with Gasteiger partial charge in [0.2, 0.25) is 0 Å². The van der Waals surface area contributed by atoms with Gasteiger partial charge in [-0.15, -0.1) is 11.3 Å². The van der Waals surface area contributed by atoms with E-state index >= 15 is 0 Å². The Morgan fingerprint density at radius 2 is 0.676 bits per heavy atom. The second-order valence-electron chi connectivity index (χ2n) is 17.2. The van der Waals surface area contributed by atoms with Crippen molar-refractivity contribution in [2.45, 2.75) is 0 Å². The first-order valence-corrected chi connectivity index (χ1v) is 23.7. The molecule has 0 amide bonds. The molecule has 13 rings (SSSR count). The first kappa shape index (κ1) is 39.6. The number of hydrogen-bond donors (Lipinski definition) is 0. The van der Waals surface area contributed by atoms with Gasteiger partial charge < -0.3 is 4.57 Å². The Balaban J connectivity index is 1.10. The predicted octanol–water partition coefficient (Wildman–Crippen LogP) is 17.0. The van der Waals surface area contributed by atoms with Gasteiger partial charge in [0.1, 0.15) is 0 Å². The van der Waals surface area contributed by atoms with E-state index in [1.807, 2.05) is 18.2 Å². The summed E-state index contributed by atoms with van der Waals surface area (Å²) in [6.07, 6.45) is 0. The lowest BCUT2D eigenvalue weighted by molar-refractivity contribution is 1.07. The molecule has 318 valence electrons. The molecule has 0 aliphatic carbocycles. The maximum absolute atomic E-state index is 5.37. The van der Waals surface area contributed by atoms with Gasteiger partial charge in [-0.25, -0.2) is 15.0 Å². The summed E-state index contributed by atoms with van der Waals surface area (Å²) in [4.78, 5) is 15.9. The van der Waals surface area contributed by atoms with Crippen LogP contribution in [0.5, 0.6) is 0 Å². The minimum Gasteiger partial charge on any atom is -0.308 e. The Kier molecular flexibility index (Phi) is 9.66. The molecule has 0 aliphatic rings. The smallest absolute Gasteiger partial charge is 0.164 e. The molecule has 4 nitrogen and oxygen atoms in total. The molecule has 68 heavy (non-hydrogen) atoms. The normalized spacial score (nSPS) is 11.5. The van der Waals surface area contributed by atoms with Crippen molar-refractivity contribution < 1.29 is 0 Å². The largest absolute Gasteiger partial charge is 0.308 e. The van der Waals surface area contributed by atoms with E-state index in [0.717, 1.165) is 55.7 Å². The third kappa shape index (κ3) is 6.96. The Hall–Kier alpha value is -8.77. The summed E-state index contributed by atoms with van der Waals surface area (Å²) in [5.74, 6) is 1.86. The lowest BCUT2D eigenvalue weighted by atomic mass is 9.92. The molecule has 13 aromatic rings. The molecule has 0 aliphatic heterocycles. The van der Waals surface area contributed by atoms with Gasteiger partial charge in [-0.3, -0.25) is 0 Å². The van der Waals surface area contributed by atoms with Crippen LogP contribution >= 0.6 is 11.3 Å². The van der Waals surface area contributed by atoms with Gasteiger partial charge >= 0.3 is 0 Å². The minimum atomic E-state index is 0.605. The molecule has 0 spiro atoms. The van der Waals surface area contributed by atoms with E-state index in [4.69, 9.17) is 15.0 Å². The van der Waals surface area contributed by atoms with Crippen LogP contribution in [0, 0.1) is 0 Å². The molecular formula is C63H40N4S. The van der Waals surface area contributed by atoms with E-state index in [1.165, 1.54) is 53.2 Å². The molecule has 0 saturated carbocycles. The average Bonchev–Trinajstić information content (AvgIpc) is 3.96. The maximum atomic E-state index is 5.37. The zero-order valence-electron chi connectivity index (χ0n) is 36.8. The van der Waals surface area contributed by atoms with Crippen molar-refractivity contribution in [3.05, 3.63) is 243 Å². The zero-order chi connectivity index (χ0) is 45.0. The van der Waals surface area contributed by atoms with E-state index in [0.29, 0.717) is 17.5 Å².